The zero-order chi connectivity index (χ0) is 11.9. The monoisotopic (exact) mass is 220 g/mol. The summed E-state index contributed by atoms with van der Waals surface area (Å²) < 4.78 is 0. The van der Waals surface area contributed by atoms with Crippen LogP contribution >= 0.6 is 0 Å². The van der Waals surface area contributed by atoms with Crippen molar-refractivity contribution in [2.45, 2.75) is 39.2 Å². The lowest BCUT2D eigenvalue weighted by Gasteiger charge is -2.17. The first kappa shape index (κ1) is 10.9. The summed E-state index contributed by atoms with van der Waals surface area (Å²) in [5.41, 5.74) is 2.47. The Balaban J connectivity index is 2.44. The predicted molar refractivity (Wildman–Crippen MR) is 61.9 cm³/mol. The van der Waals surface area contributed by atoms with E-state index in [1.165, 1.54) is 0 Å². The molecule has 0 aliphatic heterocycles. The first-order valence-electron chi connectivity index (χ1n) is 5.41. The van der Waals surface area contributed by atoms with Gasteiger partial charge in [0.15, 0.2) is 0 Å². The van der Waals surface area contributed by atoms with Crippen LogP contribution in [0.15, 0.2) is 6.07 Å². The van der Waals surface area contributed by atoms with Crippen molar-refractivity contribution in [2.75, 3.05) is 5.32 Å². The maximum atomic E-state index is 11.2. The van der Waals surface area contributed by atoms with Gasteiger partial charge in [0.25, 0.3) is 0 Å². The van der Waals surface area contributed by atoms with Crippen LogP contribution in [0.2, 0.25) is 0 Å². The Hall–Kier alpha value is -1.58. The number of anilines is 1. The van der Waals surface area contributed by atoms with Gasteiger partial charge in [-0.25, -0.2) is 4.79 Å². The number of hydrogen-bond donors (Lipinski definition) is 2. The van der Waals surface area contributed by atoms with Crippen LogP contribution in [0.1, 0.15) is 41.5 Å². The summed E-state index contributed by atoms with van der Waals surface area (Å²) in [5.74, 6) is -0.920. The summed E-state index contributed by atoms with van der Waals surface area (Å²) in [5, 5.41) is 12.5. The van der Waals surface area contributed by atoms with Gasteiger partial charge in [0, 0.05) is 11.2 Å². The molecular weight excluding hydrogens is 204 g/mol. The molecule has 1 heterocycles. The van der Waals surface area contributed by atoms with Crippen molar-refractivity contribution >= 4 is 11.7 Å². The highest BCUT2D eigenvalue weighted by Gasteiger charge is 2.38. The molecule has 2 N–H and O–H groups in total. The van der Waals surface area contributed by atoms with E-state index < -0.39 is 5.97 Å². The summed E-state index contributed by atoms with van der Waals surface area (Å²) >= 11 is 0. The Morgan fingerprint density at radius 2 is 2.12 bits per heavy atom. The van der Waals surface area contributed by atoms with Crippen LogP contribution in [0.4, 0.5) is 5.69 Å². The highest BCUT2D eigenvalue weighted by Crippen LogP contribution is 2.39. The van der Waals surface area contributed by atoms with E-state index in [1.807, 2.05) is 6.92 Å². The first-order chi connectivity index (χ1) is 7.41. The second-order valence-corrected chi connectivity index (χ2v) is 4.76. The van der Waals surface area contributed by atoms with Gasteiger partial charge in [-0.1, -0.05) is 0 Å². The number of carbonyl (C=O) groups is 1. The molecule has 1 saturated carbocycles. The molecule has 1 aromatic heterocycles. The maximum Gasteiger partial charge on any atom is 0.339 e. The van der Waals surface area contributed by atoms with Gasteiger partial charge in [0.05, 0.1) is 11.4 Å². The molecule has 1 aliphatic rings. The lowest BCUT2D eigenvalue weighted by Crippen LogP contribution is -2.19. The molecule has 1 aromatic rings. The van der Waals surface area contributed by atoms with Crippen molar-refractivity contribution in [3.05, 3.63) is 23.0 Å². The summed E-state index contributed by atoms with van der Waals surface area (Å²) in [6.07, 6.45) is 2.18. The zero-order valence-corrected chi connectivity index (χ0v) is 9.79. The standard InChI is InChI=1S/C12H16N2O2/c1-7-6-9(14-12(3)4-5-12)10(11(15)16)8(2)13-7/h6H,4-5H2,1-3H3,(H,13,14)(H,15,16). The average Bonchev–Trinajstić information content (AvgIpc) is 2.80. The smallest absolute Gasteiger partial charge is 0.339 e. The summed E-state index contributed by atoms with van der Waals surface area (Å²) in [6.45, 7) is 5.71. The highest BCUT2D eigenvalue weighted by molar-refractivity contribution is 5.95. The van der Waals surface area contributed by atoms with Crippen LogP contribution in [0.25, 0.3) is 0 Å². The van der Waals surface area contributed by atoms with Gasteiger partial charge in [-0.15, -0.1) is 0 Å². The third-order valence-corrected chi connectivity index (χ3v) is 2.98. The number of aromatic carboxylic acids is 1. The van der Waals surface area contributed by atoms with Crippen molar-refractivity contribution < 1.29 is 9.90 Å². The molecule has 86 valence electrons. The maximum absolute atomic E-state index is 11.2. The van der Waals surface area contributed by atoms with Gasteiger partial charge in [-0.05, 0) is 39.7 Å². The minimum Gasteiger partial charge on any atom is -0.478 e. The first-order valence-corrected chi connectivity index (χ1v) is 5.41. The quantitative estimate of drug-likeness (QED) is 0.820. The van der Waals surface area contributed by atoms with Crippen LogP contribution in [0.3, 0.4) is 0 Å². The number of carboxylic acids is 1. The van der Waals surface area contributed by atoms with Crippen molar-refractivity contribution in [3.63, 3.8) is 0 Å². The second kappa shape index (κ2) is 3.47. The van der Waals surface area contributed by atoms with Crippen molar-refractivity contribution in [2.24, 2.45) is 0 Å². The molecule has 0 unspecified atom stereocenters. The molecule has 2 rings (SSSR count). The van der Waals surface area contributed by atoms with Crippen molar-refractivity contribution in [3.8, 4) is 0 Å². The summed E-state index contributed by atoms with van der Waals surface area (Å²) in [7, 11) is 0. The fourth-order valence-corrected chi connectivity index (χ4v) is 1.83. The number of hydrogen-bond acceptors (Lipinski definition) is 3. The van der Waals surface area contributed by atoms with E-state index in [2.05, 4.69) is 17.2 Å². The molecule has 0 spiro atoms. The third kappa shape index (κ3) is 2.01. The number of pyridine rings is 1. The molecular formula is C12H16N2O2. The van der Waals surface area contributed by atoms with E-state index in [1.54, 1.807) is 13.0 Å². The summed E-state index contributed by atoms with van der Waals surface area (Å²) in [4.78, 5) is 15.4. The fraction of sp³-hybridized carbons (Fsp3) is 0.500. The Morgan fingerprint density at radius 3 is 2.62 bits per heavy atom. The Bertz CT molecular complexity index is 451. The number of aromatic nitrogens is 1. The van der Waals surface area contributed by atoms with Crippen molar-refractivity contribution in [1.82, 2.24) is 4.98 Å². The largest absolute Gasteiger partial charge is 0.478 e. The van der Waals surface area contributed by atoms with Gasteiger partial charge in [0.1, 0.15) is 5.56 Å². The fourth-order valence-electron chi connectivity index (χ4n) is 1.83. The number of nitrogens with one attached hydrogen (secondary N) is 1. The Labute approximate surface area is 94.7 Å². The van der Waals surface area contributed by atoms with Crippen molar-refractivity contribution in [1.29, 1.82) is 0 Å². The highest BCUT2D eigenvalue weighted by atomic mass is 16.4. The van der Waals surface area contributed by atoms with Crippen LogP contribution < -0.4 is 5.32 Å². The SMILES string of the molecule is Cc1cc(NC2(C)CC2)c(C(=O)O)c(C)n1. The number of aryl methyl sites for hydroxylation is 2. The molecule has 0 saturated heterocycles. The molecule has 0 radical (unpaired) electrons. The van der Waals surface area contributed by atoms with Gasteiger partial charge in [-0.2, -0.15) is 0 Å². The molecule has 0 bridgehead atoms. The van der Waals surface area contributed by atoms with E-state index in [0.717, 1.165) is 18.5 Å². The van der Waals surface area contributed by atoms with Gasteiger partial charge < -0.3 is 10.4 Å². The second-order valence-electron chi connectivity index (χ2n) is 4.76. The lowest BCUT2D eigenvalue weighted by atomic mass is 10.1. The van der Waals surface area contributed by atoms with Gasteiger partial charge >= 0.3 is 5.97 Å². The minimum atomic E-state index is -0.920. The normalized spacial score (nSPS) is 16.9. The Morgan fingerprint density at radius 1 is 1.50 bits per heavy atom. The zero-order valence-electron chi connectivity index (χ0n) is 9.79. The van der Waals surface area contributed by atoms with Crippen LogP contribution in [0, 0.1) is 13.8 Å². The van der Waals surface area contributed by atoms with E-state index in [4.69, 9.17) is 0 Å². The predicted octanol–water partition coefficient (Wildman–Crippen LogP) is 2.36. The van der Waals surface area contributed by atoms with E-state index in [0.29, 0.717) is 16.9 Å². The third-order valence-electron chi connectivity index (χ3n) is 2.98. The topological polar surface area (TPSA) is 62.2 Å². The minimum absolute atomic E-state index is 0.0738. The molecule has 1 aliphatic carbocycles. The number of nitrogens with zero attached hydrogens (tertiary/aromatic N) is 1. The van der Waals surface area contributed by atoms with Crippen LogP contribution in [0.5, 0.6) is 0 Å². The van der Waals surface area contributed by atoms with E-state index in [9.17, 15) is 9.90 Å². The van der Waals surface area contributed by atoms with Crippen LogP contribution in [-0.2, 0) is 0 Å². The lowest BCUT2D eigenvalue weighted by molar-refractivity contribution is 0.0696. The summed E-state index contributed by atoms with van der Waals surface area (Å²) in [6, 6.07) is 1.81. The van der Waals surface area contributed by atoms with E-state index in [-0.39, 0.29) is 5.54 Å². The number of rotatable bonds is 3. The van der Waals surface area contributed by atoms with Gasteiger partial charge in [0.2, 0.25) is 0 Å². The Kier molecular flexibility index (Phi) is 2.37. The van der Waals surface area contributed by atoms with E-state index >= 15 is 0 Å². The molecule has 0 atom stereocenters. The number of carboxylic acid groups (broad SMARTS) is 1. The van der Waals surface area contributed by atoms with Gasteiger partial charge in [-0.3, -0.25) is 4.98 Å². The van der Waals surface area contributed by atoms with Crippen LogP contribution in [-0.4, -0.2) is 21.6 Å². The molecule has 4 heteroatoms. The molecule has 16 heavy (non-hydrogen) atoms. The molecule has 0 aromatic carbocycles. The molecule has 4 nitrogen and oxygen atoms in total. The molecule has 1 fully saturated rings. The molecule has 0 amide bonds. The average molecular weight is 220 g/mol.